The molecule has 0 radical (unpaired) electrons. The minimum absolute atomic E-state index is 0.0905. The van der Waals surface area contributed by atoms with Gasteiger partial charge in [-0.3, -0.25) is 0 Å². The standard InChI is InChI=1S/C24H21F6NO/c25-23(26,27)19-12-11-18(20(13-19)24(28,29)30)14-32-15-21(31)22(16-7-3-1-4-8-16)17-9-5-2-6-10-17/h1-13,21-22H,14-15,31H2. The highest BCUT2D eigenvalue weighted by Crippen LogP contribution is 2.37. The van der Waals surface area contributed by atoms with Gasteiger partial charge in [0.25, 0.3) is 0 Å². The summed E-state index contributed by atoms with van der Waals surface area (Å²) in [5, 5.41) is 0. The highest BCUT2D eigenvalue weighted by Gasteiger charge is 2.38. The highest BCUT2D eigenvalue weighted by atomic mass is 19.4. The number of benzene rings is 3. The van der Waals surface area contributed by atoms with E-state index in [9.17, 15) is 26.3 Å². The molecule has 0 aliphatic carbocycles. The van der Waals surface area contributed by atoms with Crippen LogP contribution in [0.4, 0.5) is 26.3 Å². The molecule has 8 heteroatoms. The van der Waals surface area contributed by atoms with Crippen LogP contribution in [0.5, 0.6) is 0 Å². The topological polar surface area (TPSA) is 35.2 Å². The summed E-state index contributed by atoms with van der Waals surface area (Å²) in [5.41, 5.74) is 5.07. The second-order valence-electron chi connectivity index (χ2n) is 7.35. The van der Waals surface area contributed by atoms with E-state index in [0.29, 0.717) is 6.07 Å². The lowest BCUT2D eigenvalue weighted by molar-refractivity contribution is -0.143. The molecule has 32 heavy (non-hydrogen) atoms. The maximum absolute atomic E-state index is 13.3. The molecule has 170 valence electrons. The molecule has 0 saturated heterocycles. The number of hydrogen-bond acceptors (Lipinski definition) is 2. The zero-order chi connectivity index (χ0) is 23.4. The zero-order valence-electron chi connectivity index (χ0n) is 16.8. The second kappa shape index (κ2) is 9.75. The Kier molecular flexibility index (Phi) is 7.26. The lowest BCUT2D eigenvalue weighted by Gasteiger charge is -2.25. The van der Waals surface area contributed by atoms with Gasteiger partial charge in [0.2, 0.25) is 0 Å². The van der Waals surface area contributed by atoms with Gasteiger partial charge >= 0.3 is 12.4 Å². The van der Waals surface area contributed by atoms with Gasteiger partial charge in [-0.05, 0) is 28.8 Å². The number of alkyl halides is 6. The van der Waals surface area contributed by atoms with Crippen LogP contribution in [-0.2, 0) is 23.7 Å². The van der Waals surface area contributed by atoms with E-state index in [1.165, 1.54) is 0 Å². The van der Waals surface area contributed by atoms with E-state index < -0.39 is 36.1 Å². The van der Waals surface area contributed by atoms with Gasteiger partial charge in [-0.1, -0.05) is 66.7 Å². The number of hydrogen-bond donors (Lipinski definition) is 1. The summed E-state index contributed by atoms with van der Waals surface area (Å²) in [6.07, 6.45) is -9.82. The van der Waals surface area contributed by atoms with E-state index in [0.717, 1.165) is 17.2 Å². The second-order valence-corrected chi connectivity index (χ2v) is 7.35. The van der Waals surface area contributed by atoms with Crippen LogP contribution < -0.4 is 5.73 Å². The molecule has 2 nitrogen and oxygen atoms in total. The Morgan fingerprint density at radius 2 is 1.25 bits per heavy atom. The van der Waals surface area contributed by atoms with Crippen LogP contribution in [0.15, 0.2) is 78.9 Å². The molecule has 1 atom stereocenters. The van der Waals surface area contributed by atoms with Crippen LogP contribution in [0.25, 0.3) is 0 Å². The summed E-state index contributed by atoms with van der Waals surface area (Å²) in [4.78, 5) is 0. The molecule has 3 aromatic rings. The molecule has 0 heterocycles. The fraction of sp³-hybridized carbons (Fsp3) is 0.250. The molecule has 3 aromatic carbocycles. The first-order chi connectivity index (χ1) is 15.1. The van der Waals surface area contributed by atoms with Gasteiger partial charge in [0.05, 0.1) is 24.3 Å². The number of rotatable bonds is 7. The fourth-order valence-electron chi connectivity index (χ4n) is 3.55. The first kappa shape index (κ1) is 23.8. The predicted octanol–water partition coefficient (Wildman–Crippen LogP) is 6.40. The molecule has 1 unspecified atom stereocenters. The van der Waals surface area contributed by atoms with Crippen LogP contribution in [-0.4, -0.2) is 12.6 Å². The molecule has 0 amide bonds. The average Bonchev–Trinajstić information content (AvgIpc) is 2.74. The van der Waals surface area contributed by atoms with Crippen molar-refractivity contribution in [2.75, 3.05) is 6.61 Å². The third kappa shape index (κ3) is 5.89. The molecular weight excluding hydrogens is 432 g/mol. The van der Waals surface area contributed by atoms with Crippen molar-refractivity contribution in [3.8, 4) is 0 Å². The van der Waals surface area contributed by atoms with Crippen molar-refractivity contribution < 1.29 is 31.1 Å². The van der Waals surface area contributed by atoms with E-state index in [-0.39, 0.29) is 24.2 Å². The van der Waals surface area contributed by atoms with Crippen LogP contribution in [0.2, 0.25) is 0 Å². The highest BCUT2D eigenvalue weighted by molar-refractivity contribution is 5.36. The van der Waals surface area contributed by atoms with Gasteiger partial charge in [0.15, 0.2) is 0 Å². The number of ether oxygens (including phenoxy) is 1. The lowest BCUT2D eigenvalue weighted by atomic mass is 9.86. The van der Waals surface area contributed by atoms with Gasteiger partial charge < -0.3 is 10.5 Å². The smallest absolute Gasteiger partial charge is 0.375 e. The van der Waals surface area contributed by atoms with Crippen LogP contribution in [0.3, 0.4) is 0 Å². The lowest BCUT2D eigenvalue weighted by Crippen LogP contribution is -2.34. The van der Waals surface area contributed by atoms with E-state index in [4.69, 9.17) is 10.5 Å². The van der Waals surface area contributed by atoms with Crippen molar-refractivity contribution in [2.24, 2.45) is 5.73 Å². The minimum Gasteiger partial charge on any atom is -0.375 e. The van der Waals surface area contributed by atoms with Crippen molar-refractivity contribution in [3.05, 3.63) is 107 Å². The summed E-state index contributed by atoms with van der Waals surface area (Å²) < 4.78 is 84.0. The maximum atomic E-state index is 13.3. The van der Waals surface area contributed by atoms with E-state index >= 15 is 0 Å². The Morgan fingerprint density at radius 3 is 1.72 bits per heavy atom. The van der Waals surface area contributed by atoms with Crippen LogP contribution in [0, 0.1) is 0 Å². The SMILES string of the molecule is NC(COCc1ccc(C(F)(F)F)cc1C(F)(F)F)C(c1ccccc1)c1ccccc1. The molecule has 0 bridgehead atoms. The van der Waals surface area contributed by atoms with E-state index in [1.807, 2.05) is 60.7 Å². The largest absolute Gasteiger partial charge is 0.416 e. The Morgan fingerprint density at radius 1 is 0.719 bits per heavy atom. The van der Waals surface area contributed by atoms with E-state index in [2.05, 4.69) is 0 Å². The van der Waals surface area contributed by atoms with Gasteiger partial charge in [-0.25, -0.2) is 0 Å². The van der Waals surface area contributed by atoms with Gasteiger partial charge in [-0.15, -0.1) is 0 Å². The van der Waals surface area contributed by atoms with Crippen molar-refractivity contribution >= 4 is 0 Å². The quantitative estimate of drug-likeness (QED) is 0.420. The Labute approximate surface area is 181 Å². The van der Waals surface area contributed by atoms with Crippen molar-refractivity contribution in [1.29, 1.82) is 0 Å². The Hall–Kier alpha value is -2.84. The maximum Gasteiger partial charge on any atom is 0.416 e. The van der Waals surface area contributed by atoms with Crippen LogP contribution >= 0.6 is 0 Å². The fourth-order valence-corrected chi connectivity index (χ4v) is 3.55. The Bertz CT molecular complexity index is 963. The van der Waals surface area contributed by atoms with Crippen molar-refractivity contribution in [3.63, 3.8) is 0 Å². The average molecular weight is 453 g/mol. The Balaban J connectivity index is 1.77. The summed E-state index contributed by atoms with van der Waals surface area (Å²) in [7, 11) is 0. The molecule has 0 fully saturated rings. The molecule has 0 saturated carbocycles. The summed E-state index contributed by atoms with van der Waals surface area (Å²) >= 11 is 0. The molecule has 3 rings (SSSR count). The number of halogens is 6. The molecule has 0 aliphatic rings. The molecule has 0 spiro atoms. The summed E-state index contributed by atoms with van der Waals surface area (Å²) in [6, 6.07) is 19.7. The van der Waals surface area contributed by atoms with Gasteiger partial charge in [0.1, 0.15) is 0 Å². The molecule has 0 aromatic heterocycles. The molecule has 0 aliphatic heterocycles. The van der Waals surface area contributed by atoms with Crippen molar-refractivity contribution in [2.45, 2.75) is 30.9 Å². The van der Waals surface area contributed by atoms with Gasteiger partial charge in [-0.2, -0.15) is 26.3 Å². The molecular formula is C24H21F6NO. The zero-order valence-corrected chi connectivity index (χ0v) is 16.8. The molecule has 2 N–H and O–H groups in total. The first-order valence-corrected chi connectivity index (χ1v) is 9.78. The van der Waals surface area contributed by atoms with E-state index in [1.54, 1.807) is 0 Å². The van der Waals surface area contributed by atoms with Gasteiger partial charge in [0, 0.05) is 12.0 Å². The first-order valence-electron chi connectivity index (χ1n) is 9.78. The predicted molar refractivity (Wildman–Crippen MR) is 109 cm³/mol. The summed E-state index contributed by atoms with van der Waals surface area (Å²) in [6.45, 7) is -0.607. The number of nitrogens with two attached hydrogens (primary N) is 1. The minimum atomic E-state index is -4.95. The third-order valence-electron chi connectivity index (χ3n) is 5.06. The van der Waals surface area contributed by atoms with Crippen molar-refractivity contribution in [1.82, 2.24) is 0 Å². The third-order valence-corrected chi connectivity index (χ3v) is 5.06. The monoisotopic (exact) mass is 453 g/mol. The summed E-state index contributed by atoms with van der Waals surface area (Å²) in [5.74, 6) is -0.271. The normalized spacial score (nSPS) is 13.4. The van der Waals surface area contributed by atoms with Crippen LogP contribution in [0.1, 0.15) is 33.7 Å².